The molecule has 0 bridgehead atoms. The second kappa shape index (κ2) is 7.27. The summed E-state index contributed by atoms with van der Waals surface area (Å²) in [5.74, 6) is 0.119. The lowest BCUT2D eigenvalue weighted by atomic mass is 9.94. The largest absolute Gasteiger partial charge is 0.493 e. The minimum atomic E-state index is -0.829. The molecular formula is C19H21F2NO3. The maximum absolute atomic E-state index is 13.4. The number of benzene rings is 1. The van der Waals surface area contributed by atoms with Gasteiger partial charge in [-0.25, -0.2) is 8.78 Å². The molecule has 6 heteroatoms. The monoisotopic (exact) mass is 349 g/mol. The van der Waals surface area contributed by atoms with Crippen molar-refractivity contribution < 1.29 is 23.0 Å². The van der Waals surface area contributed by atoms with Crippen LogP contribution in [0.25, 0.3) is 0 Å². The van der Waals surface area contributed by atoms with Crippen LogP contribution < -0.4 is 5.32 Å². The first kappa shape index (κ1) is 17.5. The van der Waals surface area contributed by atoms with Crippen molar-refractivity contribution in [3.8, 4) is 0 Å². The lowest BCUT2D eigenvalue weighted by Gasteiger charge is -2.13. The lowest BCUT2D eigenvalue weighted by molar-refractivity contribution is 0.0939. The molecule has 0 spiro atoms. The third kappa shape index (κ3) is 3.69. The van der Waals surface area contributed by atoms with E-state index in [1.54, 1.807) is 13.2 Å². The number of methoxy groups -OCH3 is 1. The van der Waals surface area contributed by atoms with Gasteiger partial charge in [0.05, 0.1) is 7.11 Å². The summed E-state index contributed by atoms with van der Waals surface area (Å²) in [4.78, 5) is 0. The first-order valence-corrected chi connectivity index (χ1v) is 8.09. The number of hydrogen-bond acceptors (Lipinski definition) is 4. The Hall–Kier alpha value is -2.34. The van der Waals surface area contributed by atoms with Gasteiger partial charge in [0.15, 0.2) is 23.2 Å². The molecular weight excluding hydrogens is 328 g/mol. The Kier molecular flexibility index (Phi) is 5.08. The topological polar surface area (TPSA) is 39.7 Å². The van der Waals surface area contributed by atoms with Crippen molar-refractivity contribution in [3.05, 3.63) is 70.9 Å². The Morgan fingerprint density at radius 1 is 1.32 bits per heavy atom. The van der Waals surface area contributed by atoms with Crippen molar-refractivity contribution in [1.29, 1.82) is 0 Å². The van der Waals surface area contributed by atoms with Crippen LogP contribution in [0.1, 0.15) is 24.9 Å². The summed E-state index contributed by atoms with van der Waals surface area (Å²) >= 11 is 0. The highest BCUT2D eigenvalue weighted by atomic mass is 19.2. The zero-order valence-corrected chi connectivity index (χ0v) is 14.3. The first-order chi connectivity index (χ1) is 12.0. The van der Waals surface area contributed by atoms with Gasteiger partial charge in [0.2, 0.25) is 12.6 Å². The van der Waals surface area contributed by atoms with E-state index in [4.69, 9.17) is 14.2 Å². The Morgan fingerprint density at radius 3 is 2.76 bits per heavy atom. The van der Waals surface area contributed by atoms with Crippen LogP contribution in [0.4, 0.5) is 8.78 Å². The van der Waals surface area contributed by atoms with Crippen molar-refractivity contribution in [3.63, 3.8) is 0 Å². The van der Waals surface area contributed by atoms with Crippen molar-refractivity contribution >= 4 is 0 Å². The molecule has 0 aliphatic carbocycles. The molecule has 134 valence electrons. The molecule has 2 saturated heterocycles. The van der Waals surface area contributed by atoms with E-state index in [2.05, 4.69) is 11.9 Å². The Bertz CT molecular complexity index is 742. The van der Waals surface area contributed by atoms with E-state index in [1.807, 2.05) is 13.0 Å². The maximum atomic E-state index is 13.4. The average molecular weight is 349 g/mol. The van der Waals surface area contributed by atoms with Gasteiger partial charge in [-0.2, -0.15) is 0 Å². The van der Waals surface area contributed by atoms with E-state index in [0.717, 1.165) is 24.1 Å². The third-order valence-corrected chi connectivity index (χ3v) is 4.61. The Morgan fingerprint density at radius 2 is 2.12 bits per heavy atom. The standard InChI is InChI=1S/C19H21F2NO3/c1-11(6-18(23-3)19-12(2)24-10-25-19)14-8-17(22-9-14)13-4-5-15(20)16(21)7-13/h4-7,14,17,22H,2,8-10H2,1,3H3/b11-6+,19-18-. The molecule has 3 rings (SSSR count). The van der Waals surface area contributed by atoms with Gasteiger partial charge < -0.3 is 19.5 Å². The van der Waals surface area contributed by atoms with E-state index in [-0.39, 0.29) is 18.8 Å². The van der Waals surface area contributed by atoms with Crippen LogP contribution in [0.2, 0.25) is 0 Å². The highest BCUT2D eigenvalue weighted by Crippen LogP contribution is 2.33. The van der Waals surface area contributed by atoms with E-state index in [9.17, 15) is 8.78 Å². The summed E-state index contributed by atoms with van der Waals surface area (Å²) in [5, 5.41) is 3.36. The molecule has 2 aliphatic heterocycles. The number of rotatable bonds is 4. The number of ether oxygens (including phenoxy) is 3. The van der Waals surface area contributed by atoms with Crippen molar-refractivity contribution in [1.82, 2.24) is 5.32 Å². The minimum absolute atomic E-state index is 0.0110. The van der Waals surface area contributed by atoms with Crippen LogP contribution in [0.3, 0.4) is 0 Å². The molecule has 25 heavy (non-hydrogen) atoms. The highest BCUT2D eigenvalue weighted by Gasteiger charge is 2.28. The van der Waals surface area contributed by atoms with Gasteiger partial charge in [0.25, 0.3) is 0 Å². The van der Waals surface area contributed by atoms with Crippen LogP contribution in [0.5, 0.6) is 0 Å². The molecule has 2 fully saturated rings. The van der Waals surface area contributed by atoms with E-state index < -0.39 is 11.6 Å². The van der Waals surface area contributed by atoms with Crippen LogP contribution in [-0.4, -0.2) is 20.4 Å². The molecule has 1 aromatic rings. The average Bonchev–Trinajstić information content (AvgIpc) is 3.24. The fraction of sp³-hybridized carbons (Fsp3) is 0.368. The third-order valence-electron chi connectivity index (χ3n) is 4.61. The number of nitrogens with one attached hydrogen (secondary N) is 1. The van der Waals surface area contributed by atoms with Crippen LogP contribution in [0.15, 0.2) is 53.7 Å². The summed E-state index contributed by atoms with van der Waals surface area (Å²) in [6, 6.07) is 4.03. The molecule has 2 unspecified atom stereocenters. The zero-order valence-electron chi connectivity index (χ0n) is 14.3. The number of hydrogen-bond donors (Lipinski definition) is 1. The quantitative estimate of drug-likeness (QED) is 0.836. The molecule has 0 amide bonds. The normalized spacial score (nSPS) is 25.6. The highest BCUT2D eigenvalue weighted by molar-refractivity contribution is 5.32. The van der Waals surface area contributed by atoms with Crippen LogP contribution >= 0.6 is 0 Å². The molecule has 1 aromatic carbocycles. The SMILES string of the molecule is C=C1OCO/C1=C(/C=C(\C)C1CNC(c2ccc(F)c(F)c2)C1)OC. The van der Waals surface area contributed by atoms with Crippen LogP contribution in [-0.2, 0) is 14.2 Å². The molecule has 2 heterocycles. The summed E-state index contributed by atoms with van der Waals surface area (Å²) in [7, 11) is 1.57. The van der Waals surface area contributed by atoms with E-state index >= 15 is 0 Å². The summed E-state index contributed by atoms with van der Waals surface area (Å²) in [5.41, 5.74) is 1.85. The Balaban J connectivity index is 1.74. The van der Waals surface area contributed by atoms with Crippen LogP contribution in [0, 0.1) is 17.6 Å². The first-order valence-electron chi connectivity index (χ1n) is 8.09. The van der Waals surface area contributed by atoms with Gasteiger partial charge in [-0.05, 0) is 43.0 Å². The predicted molar refractivity (Wildman–Crippen MR) is 89.2 cm³/mol. The number of allylic oxidation sites excluding steroid dienone is 1. The summed E-state index contributed by atoms with van der Waals surface area (Å²) in [6.07, 6.45) is 2.70. The van der Waals surface area contributed by atoms with Gasteiger partial charge >= 0.3 is 0 Å². The van der Waals surface area contributed by atoms with Gasteiger partial charge in [-0.3, -0.25) is 0 Å². The van der Waals surface area contributed by atoms with Gasteiger partial charge in [-0.15, -0.1) is 0 Å². The molecule has 2 atom stereocenters. The van der Waals surface area contributed by atoms with Crippen molar-refractivity contribution in [2.75, 3.05) is 20.4 Å². The molecule has 0 radical (unpaired) electrons. The van der Waals surface area contributed by atoms with Gasteiger partial charge in [-0.1, -0.05) is 18.2 Å². The second-order valence-corrected chi connectivity index (χ2v) is 6.18. The van der Waals surface area contributed by atoms with E-state index in [1.165, 1.54) is 12.1 Å². The van der Waals surface area contributed by atoms with E-state index in [0.29, 0.717) is 17.3 Å². The molecule has 0 aromatic heterocycles. The zero-order chi connectivity index (χ0) is 18.0. The fourth-order valence-corrected chi connectivity index (χ4v) is 3.12. The number of halogens is 2. The Labute approximate surface area is 145 Å². The van der Waals surface area contributed by atoms with Crippen molar-refractivity contribution in [2.24, 2.45) is 5.92 Å². The lowest BCUT2D eigenvalue weighted by Crippen LogP contribution is -2.14. The summed E-state index contributed by atoms with van der Waals surface area (Å²) in [6.45, 7) is 6.68. The summed E-state index contributed by atoms with van der Waals surface area (Å²) < 4.78 is 42.5. The fourth-order valence-electron chi connectivity index (χ4n) is 3.12. The molecule has 0 saturated carbocycles. The maximum Gasteiger partial charge on any atom is 0.231 e. The molecule has 1 N–H and O–H groups in total. The van der Waals surface area contributed by atoms with Gasteiger partial charge in [0.1, 0.15) is 0 Å². The second-order valence-electron chi connectivity index (χ2n) is 6.18. The predicted octanol–water partition coefficient (Wildman–Crippen LogP) is 3.94. The van der Waals surface area contributed by atoms with Crippen molar-refractivity contribution in [2.45, 2.75) is 19.4 Å². The minimum Gasteiger partial charge on any atom is -0.493 e. The molecule has 2 aliphatic rings. The molecule has 4 nitrogen and oxygen atoms in total. The smallest absolute Gasteiger partial charge is 0.231 e. The van der Waals surface area contributed by atoms with Gasteiger partial charge in [0, 0.05) is 12.6 Å².